The molecule has 10 heteroatoms. The van der Waals surface area contributed by atoms with Gasteiger partial charge in [-0.1, -0.05) is 6.07 Å². The molecule has 0 saturated carbocycles. The van der Waals surface area contributed by atoms with Gasteiger partial charge in [0.15, 0.2) is 9.84 Å². The first-order chi connectivity index (χ1) is 12.0. The van der Waals surface area contributed by atoms with Crippen molar-refractivity contribution in [3.63, 3.8) is 0 Å². The molecule has 0 bridgehead atoms. The van der Waals surface area contributed by atoms with Crippen molar-refractivity contribution in [3.8, 4) is 5.75 Å². The second-order valence-corrected chi connectivity index (χ2v) is 7.29. The Morgan fingerprint density at radius 1 is 1.08 bits per heavy atom. The molecular weight excluding hydrogens is 373 g/mol. The van der Waals surface area contributed by atoms with E-state index in [0.29, 0.717) is 5.69 Å². The van der Waals surface area contributed by atoms with Gasteiger partial charge in [0.2, 0.25) is 5.91 Å². The maximum atomic E-state index is 12.1. The van der Waals surface area contributed by atoms with E-state index in [9.17, 15) is 26.4 Å². The number of anilines is 2. The van der Waals surface area contributed by atoms with E-state index < -0.39 is 27.9 Å². The minimum absolute atomic E-state index is 0.114. The zero-order valence-corrected chi connectivity index (χ0v) is 14.3. The molecule has 6 nitrogen and oxygen atoms in total. The number of carbonyl (C=O) groups excluding carboxylic acids is 1. The monoisotopic (exact) mass is 388 g/mol. The molecule has 0 aromatic heterocycles. The number of carbonyl (C=O) groups is 1. The first-order valence-electron chi connectivity index (χ1n) is 7.22. The Labute approximate surface area is 147 Å². The summed E-state index contributed by atoms with van der Waals surface area (Å²) in [7, 11) is -3.36. The van der Waals surface area contributed by atoms with Crippen LogP contribution in [-0.2, 0) is 14.6 Å². The highest BCUT2D eigenvalue weighted by Crippen LogP contribution is 2.24. The van der Waals surface area contributed by atoms with Crippen molar-refractivity contribution in [2.75, 3.05) is 23.4 Å². The highest BCUT2D eigenvalue weighted by atomic mass is 32.2. The minimum Gasteiger partial charge on any atom is -0.406 e. The number of amides is 1. The molecule has 0 spiro atoms. The van der Waals surface area contributed by atoms with Gasteiger partial charge in [0.1, 0.15) is 5.75 Å². The van der Waals surface area contributed by atoms with E-state index in [2.05, 4.69) is 15.4 Å². The molecule has 0 aliphatic heterocycles. The maximum absolute atomic E-state index is 12.1. The largest absolute Gasteiger partial charge is 0.573 e. The number of alkyl halides is 3. The summed E-state index contributed by atoms with van der Waals surface area (Å²) in [6.45, 7) is -0.159. The van der Waals surface area contributed by atoms with Gasteiger partial charge < -0.3 is 15.4 Å². The number of nitrogens with one attached hydrogen (secondary N) is 2. The SMILES string of the molecule is CS(=O)(=O)c1cccc(NCC(=O)Nc2ccc(OC(F)(F)F)cc2)c1. The predicted molar refractivity (Wildman–Crippen MR) is 89.8 cm³/mol. The highest BCUT2D eigenvalue weighted by molar-refractivity contribution is 7.90. The fraction of sp³-hybridized carbons (Fsp3) is 0.188. The minimum atomic E-state index is -4.78. The van der Waals surface area contributed by atoms with Crippen LogP contribution in [0.4, 0.5) is 24.5 Å². The quantitative estimate of drug-likeness (QED) is 0.795. The molecule has 2 rings (SSSR count). The smallest absolute Gasteiger partial charge is 0.406 e. The van der Waals surface area contributed by atoms with E-state index in [0.717, 1.165) is 18.4 Å². The third-order valence-corrected chi connectivity index (χ3v) is 4.20. The number of sulfone groups is 1. The van der Waals surface area contributed by atoms with Crippen molar-refractivity contribution >= 4 is 27.1 Å². The lowest BCUT2D eigenvalue weighted by Crippen LogP contribution is -2.22. The lowest BCUT2D eigenvalue weighted by atomic mass is 10.3. The fourth-order valence-corrected chi connectivity index (χ4v) is 2.63. The molecule has 140 valence electrons. The van der Waals surface area contributed by atoms with Gasteiger partial charge in [-0.3, -0.25) is 4.79 Å². The van der Waals surface area contributed by atoms with Crippen LogP contribution in [0.1, 0.15) is 0 Å². The fourth-order valence-electron chi connectivity index (χ4n) is 1.96. The molecule has 0 unspecified atom stereocenters. The van der Waals surface area contributed by atoms with Gasteiger partial charge in [0.25, 0.3) is 0 Å². The van der Waals surface area contributed by atoms with Crippen LogP contribution >= 0.6 is 0 Å². The molecule has 2 aromatic carbocycles. The average molecular weight is 388 g/mol. The molecule has 0 atom stereocenters. The zero-order chi connectivity index (χ0) is 19.4. The Balaban J connectivity index is 1.91. The van der Waals surface area contributed by atoms with Crippen LogP contribution in [0.2, 0.25) is 0 Å². The summed E-state index contributed by atoms with van der Waals surface area (Å²) in [4.78, 5) is 12.0. The van der Waals surface area contributed by atoms with E-state index in [4.69, 9.17) is 0 Å². The molecular formula is C16H15F3N2O4S. The third-order valence-electron chi connectivity index (χ3n) is 3.09. The van der Waals surface area contributed by atoms with Gasteiger partial charge in [-0.25, -0.2) is 8.42 Å². The van der Waals surface area contributed by atoms with Gasteiger partial charge in [-0.15, -0.1) is 13.2 Å². The first kappa shape index (κ1) is 19.6. The Kier molecular flexibility index (Phi) is 5.76. The number of rotatable bonds is 6. The summed E-state index contributed by atoms with van der Waals surface area (Å²) in [5.74, 6) is -0.856. The Morgan fingerprint density at radius 3 is 2.31 bits per heavy atom. The molecule has 0 aliphatic rings. The number of ether oxygens (including phenoxy) is 1. The maximum Gasteiger partial charge on any atom is 0.573 e. The summed E-state index contributed by atoms with van der Waals surface area (Å²) in [6, 6.07) is 10.7. The van der Waals surface area contributed by atoms with Crippen LogP contribution in [0.15, 0.2) is 53.4 Å². The molecule has 0 radical (unpaired) electrons. The van der Waals surface area contributed by atoms with Crippen LogP contribution < -0.4 is 15.4 Å². The van der Waals surface area contributed by atoms with E-state index in [1.54, 1.807) is 6.07 Å². The molecule has 1 amide bonds. The summed E-state index contributed by atoms with van der Waals surface area (Å²) < 4.78 is 62.9. The average Bonchev–Trinajstić information content (AvgIpc) is 2.53. The van der Waals surface area contributed by atoms with Crippen LogP contribution in [0.3, 0.4) is 0 Å². The van der Waals surface area contributed by atoms with Crippen molar-refractivity contribution < 1.29 is 31.1 Å². The second kappa shape index (κ2) is 7.65. The molecule has 0 aliphatic carbocycles. The Hall–Kier alpha value is -2.75. The summed E-state index contributed by atoms with van der Waals surface area (Å²) in [6.07, 6.45) is -3.71. The predicted octanol–water partition coefficient (Wildman–Crippen LogP) is 3.04. The zero-order valence-electron chi connectivity index (χ0n) is 13.5. The number of hydrogen-bond acceptors (Lipinski definition) is 5. The van der Waals surface area contributed by atoms with Gasteiger partial charge in [-0.05, 0) is 42.5 Å². The van der Waals surface area contributed by atoms with E-state index in [1.165, 1.54) is 30.3 Å². The second-order valence-electron chi connectivity index (χ2n) is 5.27. The summed E-state index contributed by atoms with van der Waals surface area (Å²) >= 11 is 0. The Bertz CT molecular complexity index is 881. The van der Waals surface area contributed by atoms with E-state index in [-0.39, 0.29) is 17.1 Å². The van der Waals surface area contributed by atoms with Crippen LogP contribution in [-0.4, -0.2) is 33.5 Å². The lowest BCUT2D eigenvalue weighted by Gasteiger charge is -2.11. The van der Waals surface area contributed by atoms with E-state index in [1.807, 2.05) is 0 Å². The molecule has 2 aromatic rings. The van der Waals surface area contributed by atoms with Gasteiger partial charge in [0, 0.05) is 17.6 Å². The number of hydrogen-bond donors (Lipinski definition) is 2. The van der Waals surface area contributed by atoms with E-state index >= 15 is 0 Å². The number of benzene rings is 2. The molecule has 0 fully saturated rings. The van der Waals surface area contributed by atoms with Crippen molar-refractivity contribution in [3.05, 3.63) is 48.5 Å². The normalized spacial score (nSPS) is 11.7. The molecule has 0 heterocycles. The molecule has 2 N–H and O–H groups in total. The van der Waals surface area contributed by atoms with Crippen molar-refractivity contribution in [2.24, 2.45) is 0 Å². The molecule has 26 heavy (non-hydrogen) atoms. The topological polar surface area (TPSA) is 84.5 Å². The third kappa shape index (κ3) is 6.28. The standard InChI is InChI=1S/C16H15F3N2O4S/c1-26(23,24)14-4-2-3-12(9-14)20-10-15(22)21-11-5-7-13(8-6-11)25-16(17,18)19/h2-9,20H,10H2,1H3,(H,21,22). The number of halogens is 3. The van der Waals surface area contributed by atoms with Crippen LogP contribution in [0, 0.1) is 0 Å². The first-order valence-corrected chi connectivity index (χ1v) is 9.12. The highest BCUT2D eigenvalue weighted by Gasteiger charge is 2.30. The van der Waals surface area contributed by atoms with Gasteiger partial charge in [0.05, 0.1) is 11.4 Å². The van der Waals surface area contributed by atoms with Gasteiger partial charge in [-0.2, -0.15) is 0 Å². The summed E-state index contributed by atoms with van der Waals surface area (Å²) in [5.41, 5.74) is 0.730. The molecule has 0 saturated heterocycles. The van der Waals surface area contributed by atoms with Crippen LogP contribution in [0.25, 0.3) is 0 Å². The van der Waals surface area contributed by atoms with Crippen molar-refractivity contribution in [1.29, 1.82) is 0 Å². The van der Waals surface area contributed by atoms with Crippen LogP contribution in [0.5, 0.6) is 5.75 Å². The lowest BCUT2D eigenvalue weighted by molar-refractivity contribution is -0.274. The Morgan fingerprint density at radius 2 is 1.73 bits per heavy atom. The summed E-state index contributed by atoms with van der Waals surface area (Å²) in [5, 5.41) is 5.26. The van der Waals surface area contributed by atoms with Gasteiger partial charge >= 0.3 is 6.36 Å². The van der Waals surface area contributed by atoms with Crippen molar-refractivity contribution in [1.82, 2.24) is 0 Å². The van der Waals surface area contributed by atoms with Crippen molar-refractivity contribution in [2.45, 2.75) is 11.3 Å².